The summed E-state index contributed by atoms with van der Waals surface area (Å²) in [7, 11) is 0. The van der Waals surface area contributed by atoms with Crippen molar-refractivity contribution in [2.75, 3.05) is 0 Å². The lowest BCUT2D eigenvalue weighted by Crippen LogP contribution is -2.15. The Bertz CT molecular complexity index is 1340. The van der Waals surface area contributed by atoms with E-state index in [4.69, 9.17) is 5.73 Å². The number of nitrogens with two attached hydrogens (primary N) is 1. The highest BCUT2D eigenvalue weighted by atomic mass is 14.8. The molecule has 1 unspecified atom stereocenters. The van der Waals surface area contributed by atoms with Crippen LogP contribution in [0.4, 0.5) is 11.4 Å². The van der Waals surface area contributed by atoms with Crippen molar-refractivity contribution >= 4 is 23.8 Å². The van der Waals surface area contributed by atoms with E-state index in [1.54, 1.807) is 0 Å². The fourth-order valence-corrected chi connectivity index (χ4v) is 4.61. The van der Waals surface area contributed by atoms with Gasteiger partial charge in [-0.2, -0.15) is 0 Å². The molecule has 0 saturated carbocycles. The van der Waals surface area contributed by atoms with Crippen molar-refractivity contribution in [3.05, 3.63) is 131 Å². The van der Waals surface area contributed by atoms with E-state index in [2.05, 4.69) is 80.6 Å². The summed E-state index contributed by atoms with van der Waals surface area (Å²) in [5.74, 6) is 0.531. The Morgan fingerprint density at radius 1 is 0.750 bits per heavy atom. The standard InChI is InChI=1S/C31H31N5/c1-21-3-13-29(35-21)19-33-27-15-7-24(8-16-27)31(23-5-11-26(32)12-6-23)25-9-17-28(18-10-25)34-20-30-14-4-22(2)36-30/h3-5,7-20,23,31,35-36H,6,32H2,1-2H3/b33-19+,34-20+. The van der Waals surface area contributed by atoms with E-state index >= 15 is 0 Å². The number of aromatic nitrogens is 2. The molecule has 1 aliphatic rings. The Labute approximate surface area is 212 Å². The molecule has 0 fully saturated rings. The van der Waals surface area contributed by atoms with Gasteiger partial charge in [-0.05, 0) is 91.9 Å². The highest BCUT2D eigenvalue weighted by molar-refractivity contribution is 5.80. The van der Waals surface area contributed by atoms with E-state index in [1.807, 2.05) is 56.6 Å². The second kappa shape index (κ2) is 10.5. The predicted octanol–water partition coefficient (Wildman–Crippen LogP) is 7.01. The van der Waals surface area contributed by atoms with Gasteiger partial charge in [0.05, 0.1) is 35.2 Å². The SMILES string of the molecule is Cc1ccc(/C=N/c2ccc(C(c3ccc(/N=C/c4ccc(C)[nH]4)cc3)C3C=CC(N)=CC3)cc2)[nH]1. The van der Waals surface area contributed by atoms with E-state index in [-0.39, 0.29) is 5.92 Å². The lowest BCUT2D eigenvalue weighted by molar-refractivity contribution is 0.570. The zero-order valence-electron chi connectivity index (χ0n) is 20.6. The van der Waals surface area contributed by atoms with Crippen LogP contribution in [0, 0.1) is 19.8 Å². The largest absolute Gasteiger partial charge is 0.399 e. The van der Waals surface area contributed by atoms with E-state index in [9.17, 15) is 0 Å². The third kappa shape index (κ3) is 5.63. The van der Waals surface area contributed by atoms with Crippen molar-refractivity contribution in [1.29, 1.82) is 0 Å². The Morgan fingerprint density at radius 2 is 1.25 bits per heavy atom. The van der Waals surface area contributed by atoms with Gasteiger partial charge in [0.25, 0.3) is 0 Å². The highest BCUT2D eigenvalue weighted by Crippen LogP contribution is 2.38. The minimum Gasteiger partial charge on any atom is -0.399 e. The molecule has 0 spiro atoms. The van der Waals surface area contributed by atoms with Crippen molar-refractivity contribution in [3.8, 4) is 0 Å². The van der Waals surface area contributed by atoms with Crippen molar-refractivity contribution in [2.45, 2.75) is 26.2 Å². The van der Waals surface area contributed by atoms with Gasteiger partial charge < -0.3 is 15.7 Å². The van der Waals surface area contributed by atoms with Crippen LogP contribution in [0.25, 0.3) is 0 Å². The van der Waals surface area contributed by atoms with Crippen molar-refractivity contribution in [1.82, 2.24) is 9.97 Å². The van der Waals surface area contributed by atoms with Crippen molar-refractivity contribution in [3.63, 3.8) is 0 Å². The van der Waals surface area contributed by atoms with Gasteiger partial charge in [0.1, 0.15) is 0 Å². The molecular formula is C31H31N5. The Balaban J connectivity index is 1.38. The molecule has 5 heteroatoms. The van der Waals surface area contributed by atoms with Crippen LogP contribution < -0.4 is 5.73 Å². The van der Waals surface area contributed by atoms with Crippen LogP contribution in [0.3, 0.4) is 0 Å². The van der Waals surface area contributed by atoms with Gasteiger partial charge in [0.15, 0.2) is 0 Å². The molecule has 4 aromatic rings. The molecule has 36 heavy (non-hydrogen) atoms. The monoisotopic (exact) mass is 473 g/mol. The van der Waals surface area contributed by atoms with Crippen LogP contribution in [-0.4, -0.2) is 22.4 Å². The summed E-state index contributed by atoms with van der Waals surface area (Å²) in [6.07, 6.45) is 11.0. The van der Waals surface area contributed by atoms with Gasteiger partial charge >= 0.3 is 0 Å². The second-order valence-electron chi connectivity index (χ2n) is 9.33. The summed E-state index contributed by atoms with van der Waals surface area (Å²) in [5.41, 5.74) is 15.5. The molecule has 0 aliphatic heterocycles. The maximum absolute atomic E-state index is 6.02. The minimum atomic E-state index is 0.207. The number of aryl methyl sites for hydroxylation is 2. The van der Waals surface area contributed by atoms with Crippen LogP contribution in [0.1, 0.15) is 46.2 Å². The zero-order valence-corrected chi connectivity index (χ0v) is 20.6. The fourth-order valence-electron chi connectivity index (χ4n) is 4.61. The molecule has 2 aromatic heterocycles. The molecule has 0 radical (unpaired) electrons. The fraction of sp³-hybridized carbons (Fsp3) is 0.161. The van der Waals surface area contributed by atoms with Gasteiger partial charge in [0, 0.05) is 23.0 Å². The number of hydrogen-bond acceptors (Lipinski definition) is 3. The average molecular weight is 474 g/mol. The second-order valence-corrected chi connectivity index (χ2v) is 9.33. The first-order valence-electron chi connectivity index (χ1n) is 12.3. The number of rotatable bonds is 7. The average Bonchev–Trinajstić information content (AvgIpc) is 3.51. The molecule has 1 atom stereocenters. The molecular weight excluding hydrogens is 442 g/mol. The Kier molecular flexibility index (Phi) is 6.80. The van der Waals surface area contributed by atoms with Crippen LogP contribution in [-0.2, 0) is 0 Å². The summed E-state index contributed by atoms with van der Waals surface area (Å²) in [6, 6.07) is 25.2. The normalized spacial score (nSPS) is 15.9. The predicted molar refractivity (Wildman–Crippen MR) is 150 cm³/mol. The number of H-pyrrole nitrogens is 2. The topological polar surface area (TPSA) is 82.3 Å². The zero-order chi connectivity index (χ0) is 24.9. The third-order valence-corrected chi connectivity index (χ3v) is 6.51. The lowest BCUT2D eigenvalue weighted by atomic mass is 9.77. The minimum absolute atomic E-state index is 0.207. The number of benzene rings is 2. The van der Waals surface area contributed by atoms with Crippen LogP contribution in [0.2, 0.25) is 0 Å². The molecule has 2 aromatic carbocycles. The summed E-state index contributed by atoms with van der Waals surface area (Å²) in [5, 5.41) is 0. The van der Waals surface area contributed by atoms with Gasteiger partial charge in [0.2, 0.25) is 0 Å². The highest BCUT2D eigenvalue weighted by Gasteiger charge is 2.24. The van der Waals surface area contributed by atoms with Crippen LogP contribution in [0.5, 0.6) is 0 Å². The maximum atomic E-state index is 6.02. The van der Waals surface area contributed by atoms with E-state index in [0.717, 1.165) is 46.3 Å². The van der Waals surface area contributed by atoms with Crippen LogP contribution in [0.15, 0.2) is 107 Å². The van der Waals surface area contributed by atoms with Gasteiger partial charge in [-0.1, -0.05) is 36.4 Å². The Morgan fingerprint density at radius 3 is 1.64 bits per heavy atom. The molecule has 0 saturated heterocycles. The number of hydrogen-bond donors (Lipinski definition) is 3. The molecule has 0 bridgehead atoms. The number of aliphatic imine (C=N–C) groups is 2. The van der Waals surface area contributed by atoms with E-state index in [1.165, 1.54) is 11.1 Å². The molecule has 5 rings (SSSR count). The van der Waals surface area contributed by atoms with Crippen molar-refractivity contribution < 1.29 is 0 Å². The number of nitrogens with one attached hydrogen (secondary N) is 2. The first kappa shape index (κ1) is 23.4. The summed E-state index contributed by atoms with van der Waals surface area (Å²) in [4.78, 5) is 15.8. The van der Waals surface area contributed by atoms with Crippen LogP contribution >= 0.6 is 0 Å². The molecule has 5 nitrogen and oxygen atoms in total. The number of nitrogens with zero attached hydrogens (tertiary/aromatic N) is 2. The number of aromatic amines is 2. The first-order valence-corrected chi connectivity index (χ1v) is 12.3. The van der Waals surface area contributed by atoms with Gasteiger partial charge in [-0.3, -0.25) is 9.98 Å². The van der Waals surface area contributed by atoms with E-state index < -0.39 is 0 Å². The summed E-state index contributed by atoms with van der Waals surface area (Å²) >= 11 is 0. The molecule has 2 heterocycles. The van der Waals surface area contributed by atoms with E-state index in [0.29, 0.717) is 5.92 Å². The molecule has 0 amide bonds. The Hall–Kier alpha value is -4.38. The summed E-state index contributed by atoms with van der Waals surface area (Å²) < 4.78 is 0. The maximum Gasteiger partial charge on any atom is 0.0630 e. The van der Waals surface area contributed by atoms with Crippen molar-refractivity contribution in [2.24, 2.45) is 21.6 Å². The van der Waals surface area contributed by atoms with Gasteiger partial charge in [-0.25, -0.2) is 0 Å². The molecule has 180 valence electrons. The molecule has 1 aliphatic carbocycles. The lowest BCUT2D eigenvalue weighted by Gasteiger charge is -2.27. The number of allylic oxidation sites excluding steroid dienone is 3. The first-order chi connectivity index (χ1) is 17.5. The summed E-state index contributed by atoms with van der Waals surface area (Å²) in [6.45, 7) is 4.08. The van der Waals surface area contributed by atoms with Gasteiger partial charge in [-0.15, -0.1) is 0 Å². The molecule has 4 N–H and O–H groups in total. The third-order valence-electron chi connectivity index (χ3n) is 6.51. The smallest absolute Gasteiger partial charge is 0.0630 e. The quantitative estimate of drug-likeness (QED) is 0.248.